The highest BCUT2D eigenvalue weighted by atomic mass is 16.5. The fraction of sp³-hybridized carbons (Fsp3) is 0.964. The standard InChI is InChI=1S/C55H109NO5/c1-3-5-7-9-11-13-15-16-17-18-19-20-21-24-28-31-35-39-43-47-53(58)52(51-57)56-54(59)48-44-40-36-32-29-25-22-23-26-30-34-38-42-46-50-61-55(60)49-45-41-37-33-27-14-12-10-8-6-4-2/h52-53,57-58H,3-51H2,1-2H3,(H,56,59). The van der Waals surface area contributed by atoms with Crippen LogP contribution < -0.4 is 5.32 Å². The van der Waals surface area contributed by atoms with E-state index >= 15 is 0 Å². The van der Waals surface area contributed by atoms with E-state index in [-0.39, 0.29) is 18.5 Å². The third-order valence-electron chi connectivity index (χ3n) is 13.2. The molecule has 2 atom stereocenters. The number of carbonyl (C=O) groups is 2. The maximum Gasteiger partial charge on any atom is 0.305 e. The third kappa shape index (κ3) is 48.2. The number of carbonyl (C=O) groups excluding carboxylic acids is 2. The molecule has 1 amide bonds. The van der Waals surface area contributed by atoms with Crippen molar-refractivity contribution in [3.8, 4) is 0 Å². The van der Waals surface area contributed by atoms with E-state index in [0.717, 1.165) is 51.4 Å². The zero-order valence-electron chi connectivity index (χ0n) is 41.4. The Bertz CT molecular complexity index is 867. The van der Waals surface area contributed by atoms with Gasteiger partial charge in [0.25, 0.3) is 0 Å². The van der Waals surface area contributed by atoms with Crippen LogP contribution in [0.4, 0.5) is 0 Å². The van der Waals surface area contributed by atoms with Gasteiger partial charge in [0.2, 0.25) is 5.91 Å². The Hall–Kier alpha value is -1.14. The van der Waals surface area contributed by atoms with Gasteiger partial charge in [0.05, 0.1) is 25.4 Å². The quantitative estimate of drug-likeness (QED) is 0.0418. The molecule has 0 aromatic carbocycles. The first kappa shape index (κ1) is 59.9. The van der Waals surface area contributed by atoms with Gasteiger partial charge in [-0.05, 0) is 25.7 Å². The Morgan fingerprint density at radius 3 is 1.00 bits per heavy atom. The highest BCUT2D eigenvalue weighted by Crippen LogP contribution is 2.18. The van der Waals surface area contributed by atoms with E-state index in [0.29, 0.717) is 25.9 Å². The van der Waals surface area contributed by atoms with Gasteiger partial charge < -0.3 is 20.3 Å². The fourth-order valence-electron chi connectivity index (χ4n) is 8.88. The van der Waals surface area contributed by atoms with Crippen LogP contribution in [0.3, 0.4) is 0 Å². The van der Waals surface area contributed by atoms with E-state index in [4.69, 9.17) is 4.74 Å². The van der Waals surface area contributed by atoms with Gasteiger partial charge in [-0.2, -0.15) is 0 Å². The summed E-state index contributed by atoms with van der Waals surface area (Å²) < 4.78 is 5.45. The van der Waals surface area contributed by atoms with Crippen molar-refractivity contribution in [2.24, 2.45) is 0 Å². The number of ether oxygens (including phenoxy) is 1. The molecule has 0 aliphatic rings. The normalized spacial score (nSPS) is 12.5. The number of hydrogen-bond donors (Lipinski definition) is 3. The summed E-state index contributed by atoms with van der Waals surface area (Å²) in [6.07, 6.45) is 57.9. The lowest BCUT2D eigenvalue weighted by Gasteiger charge is -2.22. The van der Waals surface area contributed by atoms with Gasteiger partial charge in [-0.15, -0.1) is 0 Å². The molecule has 0 aromatic heterocycles. The molecule has 0 saturated heterocycles. The van der Waals surface area contributed by atoms with Crippen LogP contribution in [-0.4, -0.2) is 47.4 Å². The van der Waals surface area contributed by atoms with Gasteiger partial charge in [0.15, 0.2) is 0 Å². The Balaban J connectivity index is 3.44. The number of hydrogen-bond acceptors (Lipinski definition) is 5. The van der Waals surface area contributed by atoms with Crippen molar-refractivity contribution in [2.75, 3.05) is 13.2 Å². The molecule has 0 heterocycles. The molecular formula is C55H109NO5. The van der Waals surface area contributed by atoms with Gasteiger partial charge in [0, 0.05) is 12.8 Å². The topological polar surface area (TPSA) is 95.9 Å². The van der Waals surface area contributed by atoms with E-state index < -0.39 is 12.1 Å². The molecule has 0 fully saturated rings. The third-order valence-corrected chi connectivity index (χ3v) is 13.2. The molecule has 6 heteroatoms. The number of nitrogens with one attached hydrogen (secondary N) is 1. The minimum atomic E-state index is -0.670. The summed E-state index contributed by atoms with van der Waals surface area (Å²) in [6.45, 7) is 4.95. The Labute approximate surface area is 381 Å². The van der Waals surface area contributed by atoms with Gasteiger partial charge in [-0.25, -0.2) is 0 Å². The first-order chi connectivity index (χ1) is 30.0. The van der Waals surface area contributed by atoms with Crippen LogP contribution in [-0.2, 0) is 14.3 Å². The second-order valence-electron chi connectivity index (χ2n) is 19.3. The number of unbranched alkanes of at least 4 members (excludes halogenated alkanes) is 41. The van der Waals surface area contributed by atoms with Crippen molar-refractivity contribution < 1.29 is 24.5 Å². The summed E-state index contributed by atoms with van der Waals surface area (Å²) in [6, 6.07) is -0.548. The molecule has 0 spiro atoms. The van der Waals surface area contributed by atoms with Crippen LogP contribution in [0.1, 0.15) is 316 Å². The summed E-state index contributed by atoms with van der Waals surface area (Å²) in [7, 11) is 0. The fourth-order valence-corrected chi connectivity index (χ4v) is 8.88. The molecule has 0 rings (SSSR count). The number of rotatable bonds is 52. The molecular weight excluding hydrogens is 755 g/mol. The zero-order valence-corrected chi connectivity index (χ0v) is 41.4. The highest BCUT2D eigenvalue weighted by Gasteiger charge is 2.20. The molecule has 0 saturated carbocycles. The maximum atomic E-state index is 12.5. The molecule has 0 aliphatic carbocycles. The molecule has 2 unspecified atom stereocenters. The Morgan fingerprint density at radius 2 is 0.672 bits per heavy atom. The lowest BCUT2D eigenvalue weighted by atomic mass is 10.0. The summed E-state index contributed by atoms with van der Waals surface area (Å²) >= 11 is 0. The van der Waals surface area contributed by atoms with Crippen LogP contribution in [0, 0.1) is 0 Å². The van der Waals surface area contributed by atoms with Crippen molar-refractivity contribution in [3.63, 3.8) is 0 Å². The van der Waals surface area contributed by atoms with Crippen molar-refractivity contribution in [3.05, 3.63) is 0 Å². The number of esters is 1. The first-order valence-corrected chi connectivity index (χ1v) is 27.8. The molecule has 3 N–H and O–H groups in total. The van der Waals surface area contributed by atoms with Gasteiger partial charge in [-0.1, -0.05) is 277 Å². The van der Waals surface area contributed by atoms with E-state index in [1.807, 2.05) is 0 Å². The van der Waals surface area contributed by atoms with E-state index in [1.54, 1.807) is 0 Å². The lowest BCUT2D eigenvalue weighted by Crippen LogP contribution is -2.45. The van der Waals surface area contributed by atoms with Crippen LogP contribution in [0.25, 0.3) is 0 Å². The Kier molecular flexibility index (Phi) is 50.5. The number of aliphatic hydroxyl groups excluding tert-OH is 2. The molecule has 61 heavy (non-hydrogen) atoms. The monoisotopic (exact) mass is 864 g/mol. The SMILES string of the molecule is CCCCCCCCCCCCCCCCCCCCCC(O)C(CO)NC(=O)CCCCCCCCCCCCCCCCOC(=O)CCCCCCCCCCCCC. The average Bonchev–Trinajstić information content (AvgIpc) is 3.26. The molecule has 0 aliphatic heterocycles. The molecule has 6 nitrogen and oxygen atoms in total. The van der Waals surface area contributed by atoms with Crippen LogP contribution in [0.2, 0.25) is 0 Å². The minimum Gasteiger partial charge on any atom is -0.466 e. The van der Waals surface area contributed by atoms with Crippen LogP contribution in [0.15, 0.2) is 0 Å². The van der Waals surface area contributed by atoms with Gasteiger partial charge in [0.1, 0.15) is 0 Å². The number of amides is 1. The van der Waals surface area contributed by atoms with Gasteiger partial charge >= 0.3 is 5.97 Å². The smallest absolute Gasteiger partial charge is 0.305 e. The second kappa shape index (κ2) is 51.5. The summed E-state index contributed by atoms with van der Waals surface area (Å²) in [5.41, 5.74) is 0. The predicted octanol–water partition coefficient (Wildman–Crippen LogP) is 16.7. The lowest BCUT2D eigenvalue weighted by molar-refractivity contribution is -0.143. The summed E-state index contributed by atoms with van der Waals surface area (Å²) in [4.78, 5) is 24.5. The van der Waals surface area contributed by atoms with Crippen LogP contribution in [0.5, 0.6) is 0 Å². The van der Waals surface area contributed by atoms with E-state index in [2.05, 4.69) is 19.2 Å². The van der Waals surface area contributed by atoms with E-state index in [1.165, 1.54) is 231 Å². The van der Waals surface area contributed by atoms with Gasteiger partial charge in [-0.3, -0.25) is 9.59 Å². The maximum absolute atomic E-state index is 12.5. The highest BCUT2D eigenvalue weighted by molar-refractivity contribution is 5.76. The zero-order chi connectivity index (χ0) is 44.4. The van der Waals surface area contributed by atoms with Crippen molar-refractivity contribution >= 4 is 11.9 Å². The molecule has 0 aromatic rings. The molecule has 0 radical (unpaired) electrons. The minimum absolute atomic E-state index is 0.00144. The summed E-state index contributed by atoms with van der Waals surface area (Å²) in [5.74, 6) is -0.0434. The van der Waals surface area contributed by atoms with Crippen LogP contribution >= 0.6 is 0 Å². The van der Waals surface area contributed by atoms with Crippen molar-refractivity contribution in [1.82, 2.24) is 5.32 Å². The largest absolute Gasteiger partial charge is 0.466 e. The summed E-state index contributed by atoms with van der Waals surface area (Å²) in [5, 5.41) is 23.3. The van der Waals surface area contributed by atoms with Crippen molar-refractivity contribution in [1.29, 1.82) is 0 Å². The first-order valence-electron chi connectivity index (χ1n) is 27.8. The van der Waals surface area contributed by atoms with Crippen molar-refractivity contribution in [2.45, 2.75) is 328 Å². The van der Waals surface area contributed by atoms with E-state index in [9.17, 15) is 19.8 Å². The molecule has 0 bridgehead atoms. The predicted molar refractivity (Wildman–Crippen MR) is 264 cm³/mol. The second-order valence-corrected chi connectivity index (χ2v) is 19.3. The average molecular weight is 864 g/mol. The molecule has 364 valence electrons. The number of aliphatic hydroxyl groups is 2. The Morgan fingerprint density at radius 1 is 0.393 bits per heavy atom.